The summed E-state index contributed by atoms with van der Waals surface area (Å²) in [4.78, 5) is 15.1. The zero-order valence-corrected chi connectivity index (χ0v) is 13.9. The van der Waals surface area contributed by atoms with Crippen LogP contribution < -0.4 is 4.74 Å². The minimum Gasteiger partial charge on any atom is -0.497 e. The Morgan fingerprint density at radius 3 is 2.50 bits per heavy atom. The molecule has 3 rings (SSSR count). The third kappa shape index (κ3) is 2.55. The predicted octanol–water partition coefficient (Wildman–Crippen LogP) is 4.55. The molecule has 3 nitrogen and oxygen atoms in total. The molecule has 1 aromatic heterocycles. The first-order valence-corrected chi connectivity index (χ1v) is 8.28. The van der Waals surface area contributed by atoms with Crippen LogP contribution in [-0.2, 0) is 0 Å². The fourth-order valence-electron chi connectivity index (χ4n) is 2.66. The van der Waals surface area contributed by atoms with Gasteiger partial charge in [-0.25, -0.2) is 0 Å². The SMILES string of the molecule is CCN(CC)C(=O)c1cc2cc3cc(OC)ccc3cc2s1. The average Bonchev–Trinajstić information content (AvgIpc) is 2.95. The van der Waals surface area contributed by atoms with Crippen molar-refractivity contribution in [1.82, 2.24) is 4.90 Å². The van der Waals surface area contributed by atoms with Gasteiger partial charge in [-0.05, 0) is 60.3 Å². The van der Waals surface area contributed by atoms with Crippen molar-refractivity contribution in [2.45, 2.75) is 13.8 Å². The van der Waals surface area contributed by atoms with Crippen LogP contribution in [0.3, 0.4) is 0 Å². The summed E-state index contributed by atoms with van der Waals surface area (Å²) < 4.78 is 6.43. The summed E-state index contributed by atoms with van der Waals surface area (Å²) in [5.41, 5.74) is 0. The van der Waals surface area contributed by atoms with Crippen molar-refractivity contribution in [2.24, 2.45) is 0 Å². The summed E-state index contributed by atoms with van der Waals surface area (Å²) in [6, 6.07) is 12.3. The van der Waals surface area contributed by atoms with Crippen LogP contribution in [-0.4, -0.2) is 31.0 Å². The van der Waals surface area contributed by atoms with Gasteiger partial charge in [0.15, 0.2) is 0 Å². The Kier molecular flexibility index (Phi) is 4.03. The fraction of sp³-hybridized carbons (Fsp3) is 0.278. The van der Waals surface area contributed by atoms with Crippen LogP contribution in [0.25, 0.3) is 20.9 Å². The molecule has 0 aliphatic rings. The van der Waals surface area contributed by atoms with E-state index in [1.807, 2.05) is 36.9 Å². The van der Waals surface area contributed by atoms with Gasteiger partial charge in [-0.1, -0.05) is 6.07 Å². The Bertz CT molecular complexity index is 834. The van der Waals surface area contributed by atoms with E-state index in [4.69, 9.17) is 4.74 Å². The minimum absolute atomic E-state index is 0.118. The van der Waals surface area contributed by atoms with E-state index in [1.54, 1.807) is 18.4 Å². The van der Waals surface area contributed by atoms with Crippen LogP contribution in [0.2, 0.25) is 0 Å². The first kappa shape index (κ1) is 14.9. The minimum atomic E-state index is 0.118. The molecule has 0 spiro atoms. The molecule has 0 saturated heterocycles. The summed E-state index contributed by atoms with van der Waals surface area (Å²) in [6.07, 6.45) is 0. The van der Waals surface area contributed by atoms with Gasteiger partial charge in [0.25, 0.3) is 5.91 Å². The van der Waals surface area contributed by atoms with Crippen molar-refractivity contribution in [3.63, 3.8) is 0 Å². The van der Waals surface area contributed by atoms with E-state index in [1.165, 1.54) is 0 Å². The molecule has 114 valence electrons. The molecule has 2 aromatic carbocycles. The maximum absolute atomic E-state index is 12.5. The van der Waals surface area contributed by atoms with Gasteiger partial charge in [0, 0.05) is 17.8 Å². The Morgan fingerprint density at radius 1 is 1.05 bits per heavy atom. The highest BCUT2D eigenvalue weighted by molar-refractivity contribution is 7.20. The van der Waals surface area contributed by atoms with Crippen LogP contribution >= 0.6 is 11.3 Å². The number of hydrogen-bond acceptors (Lipinski definition) is 3. The summed E-state index contributed by atoms with van der Waals surface area (Å²) in [5, 5.41) is 3.41. The summed E-state index contributed by atoms with van der Waals surface area (Å²) in [6.45, 7) is 5.50. The van der Waals surface area contributed by atoms with Crippen LogP contribution in [0, 0.1) is 0 Å². The van der Waals surface area contributed by atoms with E-state index < -0.39 is 0 Å². The van der Waals surface area contributed by atoms with Crippen LogP contribution in [0.5, 0.6) is 5.75 Å². The lowest BCUT2D eigenvalue weighted by molar-refractivity contribution is 0.0778. The Balaban J connectivity index is 2.09. The van der Waals surface area contributed by atoms with Crippen molar-refractivity contribution in [3.05, 3.63) is 41.3 Å². The number of thiophene rings is 1. The number of benzene rings is 2. The molecular weight excluding hydrogens is 294 g/mol. The zero-order chi connectivity index (χ0) is 15.7. The van der Waals surface area contributed by atoms with Crippen LogP contribution in [0.4, 0.5) is 0 Å². The Morgan fingerprint density at radius 2 is 1.82 bits per heavy atom. The molecule has 0 unspecified atom stereocenters. The van der Waals surface area contributed by atoms with Crippen molar-refractivity contribution < 1.29 is 9.53 Å². The number of fused-ring (bicyclic) bond motifs is 2. The zero-order valence-electron chi connectivity index (χ0n) is 13.1. The number of ether oxygens (including phenoxy) is 1. The molecule has 22 heavy (non-hydrogen) atoms. The third-order valence-electron chi connectivity index (χ3n) is 3.94. The van der Waals surface area contributed by atoms with Gasteiger partial charge in [0.1, 0.15) is 5.75 Å². The Hall–Kier alpha value is -2.07. The topological polar surface area (TPSA) is 29.5 Å². The van der Waals surface area contributed by atoms with Gasteiger partial charge in [-0.15, -0.1) is 11.3 Å². The molecule has 0 atom stereocenters. The van der Waals surface area contributed by atoms with Crippen molar-refractivity contribution >= 4 is 38.1 Å². The van der Waals surface area contributed by atoms with Gasteiger partial charge < -0.3 is 9.64 Å². The number of carbonyl (C=O) groups is 1. The second-order valence-electron chi connectivity index (χ2n) is 5.19. The van der Waals surface area contributed by atoms with Crippen molar-refractivity contribution in [2.75, 3.05) is 20.2 Å². The lowest BCUT2D eigenvalue weighted by Crippen LogP contribution is -2.29. The maximum Gasteiger partial charge on any atom is 0.263 e. The molecule has 0 fully saturated rings. The molecule has 0 radical (unpaired) electrons. The highest BCUT2D eigenvalue weighted by Gasteiger charge is 2.15. The number of rotatable bonds is 4. The van der Waals surface area contributed by atoms with Gasteiger partial charge in [-0.3, -0.25) is 4.79 Å². The quantitative estimate of drug-likeness (QED) is 0.707. The van der Waals surface area contributed by atoms with E-state index in [9.17, 15) is 4.79 Å². The number of nitrogens with zero attached hydrogens (tertiary/aromatic N) is 1. The molecular formula is C18H19NO2S. The first-order valence-electron chi connectivity index (χ1n) is 7.47. The smallest absolute Gasteiger partial charge is 0.263 e. The van der Waals surface area contributed by atoms with Gasteiger partial charge in [0.05, 0.1) is 12.0 Å². The fourth-order valence-corrected chi connectivity index (χ4v) is 3.72. The predicted molar refractivity (Wildman–Crippen MR) is 93.1 cm³/mol. The molecule has 3 aromatic rings. The molecule has 4 heteroatoms. The Labute approximate surface area is 134 Å². The van der Waals surface area contributed by atoms with E-state index in [0.29, 0.717) is 0 Å². The summed E-state index contributed by atoms with van der Waals surface area (Å²) >= 11 is 1.57. The molecule has 1 amide bonds. The molecule has 0 saturated carbocycles. The normalized spacial score (nSPS) is 11.0. The van der Waals surface area contributed by atoms with Crippen molar-refractivity contribution in [1.29, 1.82) is 0 Å². The highest BCUT2D eigenvalue weighted by Crippen LogP contribution is 2.32. The second kappa shape index (κ2) is 5.97. The van der Waals surface area contributed by atoms with Gasteiger partial charge in [0.2, 0.25) is 0 Å². The lowest BCUT2D eigenvalue weighted by Gasteiger charge is -2.17. The number of amides is 1. The van der Waals surface area contributed by atoms with Crippen LogP contribution in [0.15, 0.2) is 36.4 Å². The highest BCUT2D eigenvalue weighted by atomic mass is 32.1. The molecule has 1 heterocycles. The van der Waals surface area contributed by atoms with Gasteiger partial charge in [-0.2, -0.15) is 0 Å². The first-order chi connectivity index (χ1) is 10.7. The molecule has 0 aliphatic heterocycles. The number of carbonyl (C=O) groups excluding carboxylic acids is 1. The lowest BCUT2D eigenvalue weighted by atomic mass is 10.1. The van der Waals surface area contributed by atoms with E-state index in [-0.39, 0.29) is 5.91 Å². The molecule has 0 bridgehead atoms. The van der Waals surface area contributed by atoms with E-state index in [2.05, 4.69) is 18.2 Å². The number of methoxy groups -OCH3 is 1. The third-order valence-corrected chi connectivity index (χ3v) is 5.03. The van der Waals surface area contributed by atoms with E-state index >= 15 is 0 Å². The van der Waals surface area contributed by atoms with Crippen LogP contribution in [0.1, 0.15) is 23.5 Å². The second-order valence-corrected chi connectivity index (χ2v) is 6.27. The summed E-state index contributed by atoms with van der Waals surface area (Å²) in [7, 11) is 1.67. The van der Waals surface area contributed by atoms with Crippen molar-refractivity contribution in [3.8, 4) is 5.75 Å². The maximum atomic E-state index is 12.5. The number of hydrogen-bond donors (Lipinski definition) is 0. The monoisotopic (exact) mass is 313 g/mol. The molecule has 0 aliphatic carbocycles. The summed E-state index contributed by atoms with van der Waals surface area (Å²) in [5.74, 6) is 0.967. The molecule has 0 N–H and O–H groups in total. The largest absolute Gasteiger partial charge is 0.497 e. The van der Waals surface area contributed by atoms with Gasteiger partial charge >= 0.3 is 0 Å². The van der Waals surface area contributed by atoms with E-state index in [0.717, 1.165) is 44.6 Å². The average molecular weight is 313 g/mol. The standard InChI is InChI=1S/C18H19NO2S/c1-4-19(5-2)18(20)17-11-14-8-13-9-15(21-3)7-6-12(13)10-16(14)22-17/h6-11H,4-5H2,1-3H3.